The van der Waals surface area contributed by atoms with Crippen LogP contribution in [0.2, 0.25) is 0 Å². The number of hydrogen-bond acceptors (Lipinski definition) is 4. The minimum absolute atomic E-state index is 0.204. The summed E-state index contributed by atoms with van der Waals surface area (Å²) in [5, 5.41) is 4.01. The summed E-state index contributed by atoms with van der Waals surface area (Å²) in [5.74, 6) is 0. The Morgan fingerprint density at radius 1 is 1.05 bits per heavy atom. The lowest BCUT2D eigenvalue weighted by atomic mass is 10.2. The first-order valence-corrected chi connectivity index (χ1v) is 7.45. The van der Waals surface area contributed by atoms with E-state index in [1.165, 1.54) is 6.07 Å². The molecule has 0 saturated carbocycles. The zero-order chi connectivity index (χ0) is 15.5. The van der Waals surface area contributed by atoms with E-state index in [1.54, 1.807) is 42.6 Å². The summed E-state index contributed by atoms with van der Waals surface area (Å²) >= 11 is -2.09. The first kappa shape index (κ1) is 14.2. The lowest BCUT2D eigenvalue weighted by Gasteiger charge is -2.10. The number of fused-ring (bicyclic) bond motifs is 1. The minimum Gasteiger partial charge on any atom is -0.355 e. The van der Waals surface area contributed by atoms with Crippen molar-refractivity contribution in [2.24, 2.45) is 0 Å². The summed E-state index contributed by atoms with van der Waals surface area (Å²) in [7, 11) is 0. The van der Waals surface area contributed by atoms with Crippen LogP contribution in [0.25, 0.3) is 11.0 Å². The van der Waals surface area contributed by atoms with Gasteiger partial charge in [-0.3, -0.25) is 14.1 Å². The van der Waals surface area contributed by atoms with Crippen molar-refractivity contribution in [1.29, 1.82) is 0 Å². The number of H-pyrrole nitrogens is 1. The van der Waals surface area contributed by atoms with Crippen LogP contribution < -0.4 is 15.6 Å². The van der Waals surface area contributed by atoms with Gasteiger partial charge in [0.15, 0.2) is 0 Å². The van der Waals surface area contributed by atoms with Crippen LogP contribution in [0.4, 0.5) is 17.1 Å². The Kier molecular flexibility index (Phi) is 3.86. The smallest absolute Gasteiger partial charge is 0.259 e. The highest BCUT2D eigenvalue weighted by Gasteiger charge is 2.03. The topological polar surface area (TPSA) is 107 Å². The summed E-state index contributed by atoms with van der Waals surface area (Å²) in [6, 6.07) is 11.9. The van der Waals surface area contributed by atoms with Crippen LogP contribution in [0.5, 0.6) is 0 Å². The van der Waals surface area contributed by atoms with Gasteiger partial charge in [-0.2, -0.15) is 0 Å². The van der Waals surface area contributed by atoms with E-state index in [9.17, 15) is 9.00 Å². The first-order chi connectivity index (χ1) is 10.6. The fourth-order valence-corrected chi connectivity index (χ4v) is 2.38. The molecule has 0 radical (unpaired) electrons. The standard InChI is InChI=1S/C14H12N4O3S/c19-13-6-5-11-12(7-8-15-14(11)17-13)16-9-1-3-10(4-2-9)18-22(20)21/h1-8,18H,(H,20,21)(H2,15,16,17,19). The molecule has 2 aromatic heterocycles. The first-order valence-electron chi connectivity index (χ1n) is 6.34. The van der Waals surface area contributed by atoms with Gasteiger partial charge in [0.25, 0.3) is 11.3 Å². The molecule has 0 aliphatic rings. The third kappa shape index (κ3) is 3.13. The van der Waals surface area contributed by atoms with Crippen molar-refractivity contribution < 1.29 is 8.76 Å². The van der Waals surface area contributed by atoms with Gasteiger partial charge in [0.05, 0.1) is 5.69 Å². The highest BCUT2D eigenvalue weighted by molar-refractivity contribution is 7.80. The van der Waals surface area contributed by atoms with Gasteiger partial charge in [-0.25, -0.2) is 9.19 Å². The van der Waals surface area contributed by atoms with Crippen LogP contribution in [0.15, 0.2) is 53.5 Å². The van der Waals surface area contributed by atoms with Gasteiger partial charge in [0.1, 0.15) is 5.65 Å². The monoisotopic (exact) mass is 316 g/mol. The fraction of sp³-hybridized carbons (Fsp3) is 0. The molecule has 0 aliphatic carbocycles. The quantitative estimate of drug-likeness (QED) is 0.552. The lowest BCUT2D eigenvalue weighted by Crippen LogP contribution is -2.04. The second-order valence-electron chi connectivity index (χ2n) is 4.50. The maximum absolute atomic E-state index is 11.3. The number of aromatic amines is 1. The Balaban J connectivity index is 1.90. The maximum Gasteiger partial charge on any atom is 0.259 e. The molecular formula is C14H12N4O3S. The van der Waals surface area contributed by atoms with E-state index >= 15 is 0 Å². The number of benzene rings is 1. The van der Waals surface area contributed by atoms with Gasteiger partial charge in [0.2, 0.25) is 5.56 Å². The van der Waals surface area contributed by atoms with Crippen molar-refractivity contribution >= 4 is 39.4 Å². The number of aromatic nitrogens is 2. The Hall–Kier alpha value is -2.71. The van der Waals surface area contributed by atoms with E-state index in [0.29, 0.717) is 11.3 Å². The van der Waals surface area contributed by atoms with Crippen LogP contribution in [0.3, 0.4) is 0 Å². The predicted octanol–water partition coefficient (Wildman–Crippen LogP) is 2.22. The number of nitrogens with one attached hydrogen (secondary N) is 3. The van der Waals surface area contributed by atoms with Gasteiger partial charge in [0, 0.05) is 29.0 Å². The largest absolute Gasteiger partial charge is 0.355 e. The molecule has 1 unspecified atom stereocenters. The van der Waals surface area contributed by atoms with Crippen molar-refractivity contribution in [2.45, 2.75) is 0 Å². The molecule has 22 heavy (non-hydrogen) atoms. The minimum atomic E-state index is -2.09. The van der Waals surface area contributed by atoms with Crippen LogP contribution in [-0.2, 0) is 11.3 Å². The van der Waals surface area contributed by atoms with E-state index in [1.807, 2.05) is 0 Å². The molecule has 7 nitrogen and oxygen atoms in total. The van der Waals surface area contributed by atoms with Gasteiger partial charge < -0.3 is 10.3 Å². The zero-order valence-electron chi connectivity index (χ0n) is 11.2. The number of nitrogens with zero attached hydrogens (tertiary/aromatic N) is 1. The molecule has 0 bridgehead atoms. The summed E-state index contributed by atoms with van der Waals surface area (Å²) in [6.45, 7) is 0. The molecule has 0 fully saturated rings. The fourth-order valence-electron chi connectivity index (χ4n) is 2.05. The summed E-state index contributed by atoms with van der Waals surface area (Å²) in [6.07, 6.45) is 1.60. The second-order valence-corrected chi connectivity index (χ2v) is 5.20. The second kappa shape index (κ2) is 5.96. The summed E-state index contributed by atoms with van der Waals surface area (Å²) < 4.78 is 21.8. The average molecular weight is 316 g/mol. The third-order valence-electron chi connectivity index (χ3n) is 3.00. The molecule has 0 spiro atoms. The molecule has 4 N–H and O–H groups in total. The van der Waals surface area contributed by atoms with E-state index < -0.39 is 11.3 Å². The Bertz CT molecular complexity index is 892. The Labute approximate surface area is 127 Å². The summed E-state index contributed by atoms with van der Waals surface area (Å²) in [5.41, 5.74) is 2.44. The zero-order valence-corrected chi connectivity index (χ0v) is 12.1. The van der Waals surface area contributed by atoms with E-state index in [-0.39, 0.29) is 5.56 Å². The van der Waals surface area contributed by atoms with E-state index in [4.69, 9.17) is 4.55 Å². The molecule has 3 aromatic rings. The molecule has 0 aliphatic heterocycles. The number of rotatable bonds is 4. The third-order valence-corrected chi connectivity index (χ3v) is 3.41. The lowest BCUT2D eigenvalue weighted by molar-refractivity contribution is 0.570. The molecule has 0 amide bonds. The Morgan fingerprint density at radius 3 is 2.50 bits per heavy atom. The number of hydrogen-bond donors (Lipinski definition) is 4. The normalized spacial score (nSPS) is 12.0. The van der Waals surface area contributed by atoms with Crippen molar-refractivity contribution in [3.05, 3.63) is 59.0 Å². The molecule has 3 rings (SSSR count). The van der Waals surface area contributed by atoms with Crippen molar-refractivity contribution in [1.82, 2.24) is 9.97 Å². The highest BCUT2D eigenvalue weighted by Crippen LogP contribution is 2.24. The van der Waals surface area contributed by atoms with Crippen LogP contribution in [-0.4, -0.2) is 18.7 Å². The molecule has 0 saturated heterocycles. The molecular weight excluding hydrogens is 304 g/mol. The van der Waals surface area contributed by atoms with Crippen molar-refractivity contribution in [2.75, 3.05) is 10.0 Å². The summed E-state index contributed by atoms with van der Waals surface area (Å²) in [4.78, 5) is 18.1. The average Bonchev–Trinajstić information content (AvgIpc) is 2.48. The highest BCUT2D eigenvalue weighted by atomic mass is 32.2. The van der Waals surface area contributed by atoms with Gasteiger partial charge in [-0.05, 0) is 36.4 Å². The van der Waals surface area contributed by atoms with Crippen molar-refractivity contribution in [3.8, 4) is 0 Å². The maximum atomic E-state index is 11.3. The number of anilines is 3. The molecule has 112 valence electrons. The van der Waals surface area contributed by atoms with Gasteiger partial charge in [-0.15, -0.1) is 0 Å². The van der Waals surface area contributed by atoms with E-state index in [2.05, 4.69) is 20.0 Å². The predicted molar refractivity (Wildman–Crippen MR) is 86.5 cm³/mol. The van der Waals surface area contributed by atoms with Gasteiger partial charge >= 0.3 is 0 Å². The van der Waals surface area contributed by atoms with E-state index in [0.717, 1.165) is 16.8 Å². The number of pyridine rings is 2. The van der Waals surface area contributed by atoms with Crippen LogP contribution >= 0.6 is 0 Å². The van der Waals surface area contributed by atoms with Crippen molar-refractivity contribution in [3.63, 3.8) is 0 Å². The Morgan fingerprint density at radius 2 is 1.77 bits per heavy atom. The van der Waals surface area contributed by atoms with Crippen LogP contribution in [0, 0.1) is 0 Å². The molecule has 1 atom stereocenters. The molecule has 1 aromatic carbocycles. The van der Waals surface area contributed by atoms with Gasteiger partial charge in [-0.1, -0.05) is 0 Å². The van der Waals surface area contributed by atoms with Crippen LogP contribution in [0.1, 0.15) is 0 Å². The molecule has 2 heterocycles. The molecule has 8 heteroatoms. The SMILES string of the molecule is O=c1ccc2c(Nc3ccc(NS(=O)O)cc3)ccnc2[nH]1.